The maximum absolute atomic E-state index is 13.4. The number of nitrogens with one attached hydrogen (secondary N) is 1. The second kappa shape index (κ2) is 7.93. The third-order valence-electron chi connectivity index (χ3n) is 3.09. The Morgan fingerprint density at radius 1 is 1.09 bits per heavy atom. The van der Waals surface area contributed by atoms with Crippen molar-refractivity contribution in [2.45, 2.75) is 6.54 Å². The summed E-state index contributed by atoms with van der Waals surface area (Å²) in [5, 5.41) is 2.49. The van der Waals surface area contributed by atoms with E-state index in [1.54, 1.807) is 42.5 Å². The minimum absolute atomic E-state index is 0.0333. The normalized spacial score (nSPS) is 10.0. The van der Waals surface area contributed by atoms with Gasteiger partial charge in [-0.3, -0.25) is 4.79 Å². The molecular weight excluding hydrogens is 301 g/mol. The second-order valence-electron chi connectivity index (χ2n) is 4.67. The van der Waals surface area contributed by atoms with Crippen molar-refractivity contribution in [2.24, 2.45) is 0 Å². The average Bonchev–Trinajstić information content (AvgIpc) is 2.59. The van der Waals surface area contributed by atoms with E-state index in [1.807, 2.05) is 0 Å². The average molecular weight is 317 g/mol. The minimum atomic E-state index is -0.617. The molecule has 5 nitrogen and oxygen atoms in total. The molecule has 0 saturated heterocycles. The molecule has 0 unspecified atom stereocenters. The van der Waals surface area contributed by atoms with Crippen molar-refractivity contribution in [3.05, 3.63) is 65.5 Å². The molecule has 0 aliphatic carbocycles. The quantitative estimate of drug-likeness (QED) is 0.830. The first-order valence-electron chi connectivity index (χ1n) is 6.91. The summed E-state index contributed by atoms with van der Waals surface area (Å²) in [5.41, 5.74) is 0.676. The van der Waals surface area contributed by atoms with E-state index in [1.165, 1.54) is 13.2 Å². The number of hydrogen-bond acceptors (Lipinski definition) is 4. The summed E-state index contributed by atoms with van der Waals surface area (Å²) < 4.78 is 23.3. The number of carbonyl (C=O) groups is 2. The van der Waals surface area contributed by atoms with Crippen LogP contribution >= 0.6 is 0 Å². The Labute approximate surface area is 133 Å². The summed E-state index contributed by atoms with van der Waals surface area (Å²) in [6.45, 7) is -0.398. The highest BCUT2D eigenvalue weighted by atomic mass is 19.1. The van der Waals surface area contributed by atoms with Crippen LogP contribution in [0.5, 0.6) is 5.75 Å². The van der Waals surface area contributed by atoms with Gasteiger partial charge in [0.25, 0.3) is 5.91 Å². The number of esters is 1. The monoisotopic (exact) mass is 317 g/mol. The predicted molar refractivity (Wildman–Crippen MR) is 81.5 cm³/mol. The maximum atomic E-state index is 13.4. The van der Waals surface area contributed by atoms with E-state index in [9.17, 15) is 14.0 Å². The van der Waals surface area contributed by atoms with Gasteiger partial charge in [-0.2, -0.15) is 0 Å². The van der Waals surface area contributed by atoms with Crippen molar-refractivity contribution in [1.82, 2.24) is 5.32 Å². The molecule has 2 rings (SSSR count). The summed E-state index contributed by atoms with van der Waals surface area (Å²) in [5.74, 6) is -0.906. The van der Waals surface area contributed by atoms with E-state index in [-0.39, 0.29) is 6.54 Å². The number of ether oxygens (including phenoxy) is 2. The summed E-state index contributed by atoms with van der Waals surface area (Å²) >= 11 is 0. The zero-order valence-electron chi connectivity index (χ0n) is 12.5. The third kappa shape index (κ3) is 4.81. The highest BCUT2D eigenvalue weighted by Crippen LogP contribution is 2.12. The van der Waals surface area contributed by atoms with Gasteiger partial charge in [0.05, 0.1) is 12.7 Å². The smallest absolute Gasteiger partial charge is 0.338 e. The molecule has 0 aromatic heterocycles. The Morgan fingerprint density at radius 2 is 1.78 bits per heavy atom. The van der Waals surface area contributed by atoms with Crippen molar-refractivity contribution >= 4 is 11.9 Å². The molecule has 0 aliphatic rings. The van der Waals surface area contributed by atoms with Gasteiger partial charge in [0, 0.05) is 12.1 Å². The lowest BCUT2D eigenvalue weighted by atomic mass is 10.2. The molecule has 1 N–H and O–H groups in total. The first-order valence-corrected chi connectivity index (χ1v) is 6.91. The molecule has 0 radical (unpaired) electrons. The van der Waals surface area contributed by atoms with E-state index in [0.29, 0.717) is 16.9 Å². The molecule has 0 spiro atoms. The van der Waals surface area contributed by atoms with E-state index in [4.69, 9.17) is 9.47 Å². The fraction of sp³-hybridized carbons (Fsp3) is 0.176. The molecular formula is C17H16FNO4. The maximum Gasteiger partial charge on any atom is 0.338 e. The van der Waals surface area contributed by atoms with Crippen LogP contribution in [0.25, 0.3) is 0 Å². The van der Waals surface area contributed by atoms with Gasteiger partial charge in [-0.05, 0) is 30.3 Å². The highest BCUT2D eigenvalue weighted by Gasteiger charge is 2.10. The van der Waals surface area contributed by atoms with Crippen LogP contribution in [0.15, 0.2) is 48.5 Å². The molecule has 0 heterocycles. The van der Waals surface area contributed by atoms with Crippen molar-refractivity contribution in [2.75, 3.05) is 13.7 Å². The molecule has 2 aromatic carbocycles. The minimum Gasteiger partial charge on any atom is -0.497 e. The summed E-state index contributed by atoms with van der Waals surface area (Å²) in [6, 6.07) is 12.4. The fourth-order valence-corrected chi connectivity index (χ4v) is 1.83. The van der Waals surface area contributed by atoms with Gasteiger partial charge < -0.3 is 14.8 Å². The van der Waals surface area contributed by atoms with Gasteiger partial charge in [-0.15, -0.1) is 0 Å². The SMILES string of the molecule is COc1ccc(C(=O)OCC(=O)NCc2ccccc2F)cc1. The molecule has 0 fully saturated rings. The standard InChI is InChI=1S/C17H16FNO4/c1-22-14-8-6-12(7-9-14)17(21)23-11-16(20)19-10-13-4-2-3-5-15(13)18/h2-9H,10-11H2,1H3,(H,19,20). The van der Waals surface area contributed by atoms with Crippen LogP contribution in [0, 0.1) is 5.82 Å². The fourth-order valence-electron chi connectivity index (χ4n) is 1.83. The first kappa shape index (κ1) is 16.5. The molecule has 2 aromatic rings. The van der Waals surface area contributed by atoms with Crippen LogP contribution in [0.1, 0.15) is 15.9 Å². The molecule has 1 amide bonds. The summed E-state index contributed by atoms with van der Waals surface area (Å²) in [4.78, 5) is 23.4. The predicted octanol–water partition coefficient (Wildman–Crippen LogP) is 2.31. The molecule has 0 atom stereocenters. The molecule has 23 heavy (non-hydrogen) atoms. The van der Waals surface area contributed by atoms with Crippen LogP contribution in [0.2, 0.25) is 0 Å². The molecule has 0 aliphatic heterocycles. The van der Waals surface area contributed by atoms with Crippen molar-refractivity contribution in [1.29, 1.82) is 0 Å². The summed E-state index contributed by atoms with van der Waals surface area (Å²) in [7, 11) is 1.52. The summed E-state index contributed by atoms with van der Waals surface area (Å²) in [6.07, 6.45) is 0. The first-order chi connectivity index (χ1) is 11.1. The Hall–Kier alpha value is -2.89. The third-order valence-corrected chi connectivity index (χ3v) is 3.09. The number of methoxy groups -OCH3 is 1. The van der Waals surface area contributed by atoms with E-state index >= 15 is 0 Å². The molecule has 6 heteroatoms. The van der Waals surface area contributed by atoms with Crippen molar-refractivity contribution in [3.63, 3.8) is 0 Å². The van der Waals surface area contributed by atoms with Gasteiger partial charge in [0.15, 0.2) is 6.61 Å². The van der Waals surface area contributed by atoms with Gasteiger partial charge in [0.1, 0.15) is 11.6 Å². The van der Waals surface area contributed by atoms with Crippen molar-refractivity contribution < 1.29 is 23.5 Å². The van der Waals surface area contributed by atoms with Crippen LogP contribution in [0.4, 0.5) is 4.39 Å². The number of halogens is 1. The van der Waals surface area contributed by atoms with Crippen LogP contribution in [0.3, 0.4) is 0 Å². The number of rotatable bonds is 6. The van der Waals surface area contributed by atoms with Gasteiger partial charge in [0.2, 0.25) is 0 Å². The molecule has 0 saturated carbocycles. The number of carbonyl (C=O) groups excluding carboxylic acids is 2. The van der Waals surface area contributed by atoms with Gasteiger partial charge in [-0.25, -0.2) is 9.18 Å². The lowest BCUT2D eigenvalue weighted by Gasteiger charge is -2.07. The number of amides is 1. The highest BCUT2D eigenvalue weighted by molar-refractivity contribution is 5.91. The van der Waals surface area contributed by atoms with Gasteiger partial charge >= 0.3 is 5.97 Å². The van der Waals surface area contributed by atoms with E-state index in [0.717, 1.165) is 0 Å². The zero-order valence-corrected chi connectivity index (χ0v) is 12.5. The Morgan fingerprint density at radius 3 is 2.43 bits per heavy atom. The Balaban J connectivity index is 1.79. The van der Waals surface area contributed by atoms with E-state index < -0.39 is 24.3 Å². The van der Waals surface area contributed by atoms with E-state index in [2.05, 4.69) is 5.32 Å². The number of hydrogen-bond donors (Lipinski definition) is 1. The van der Waals surface area contributed by atoms with Crippen LogP contribution in [-0.4, -0.2) is 25.6 Å². The van der Waals surface area contributed by atoms with Crippen LogP contribution < -0.4 is 10.1 Å². The largest absolute Gasteiger partial charge is 0.497 e. The topological polar surface area (TPSA) is 64.6 Å². The lowest BCUT2D eigenvalue weighted by Crippen LogP contribution is -2.28. The molecule has 0 bridgehead atoms. The Bertz CT molecular complexity index is 685. The lowest BCUT2D eigenvalue weighted by molar-refractivity contribution is -0.124. The second-order valence-corrected chi connectivity index (χ2v) is 4.67. The zero-order chi connectivity index (χ0) is 16.7. The van der Waals surface area contributed by atoms with Gasteiger partial charge in [-0.1, -0.05) is 18.2 Å². The van der Waals surface area contributed by atoms with Crippen LogP contribution in [-0.2, 0) is 16.1 Å². The molecule has 120 valence electrons. The Kier molecular flexibility index (Phi) is 5.68. The van der Waals surface area contributed by atoms with Crippen molar-refractivity contribution in [3.8, 4) is 5.75 Å². The number of benzene rings is 2.